The van der Waals surface area contributed by atoms with Crippen molar-refractivity contribution in [2.45, 2.75) is 44.6 Å². The molecule has 2 heterocycles. The molecule has 0 spiro atoms. The lowest BCUT2D eigenvalue weighted by atomic mass is 10.1. The lowest BCUT2D eigenvalue weighted by molar-refractivity contribution is -0.120. The van der Waals surface area contributed by atoms with Gasteiger partial charge in [0.1, 0.15) is 6.54 Å². The molecule has 0 saturated carbocycles. The molecule has 0 bridgehead atoms. The monoisotopic (exact) mass is 398 g/mol. The summed E-state index contributed by atoms with van der Waals surface area (Å²) in [7, 11) is -3.69. The molecule has 0 unspecified atom stereocenters. The normalized spacial score (nSPS) is 15.1. The molecule has 1 aliphatic heterocycles. The summed E-state index contributed by atoms with van der Waals surface area (Å²) in [6.45, 7) is 4.90. The van der Waals surface area contributed by atoms with Crippen molar-refractivity contribution in [1.29, 1.82) is 0 Å². The van der Waals surface area contributed by atoms with Gasteiger partial charge in [-0.05, 0) is 31.2 Å². The molecule has 150 valence electrons. The van der Waals surface area contributed by atoms with Crippen molar-refractivity contribution in [2.75, 3.05) is 19.6 Å². The van der Waals surface area contributed by atoms with Gasteiger partial charge < -0.3 is 9.88 Å². The van der Waals surface area contributed by atoms with Crippen molar-refractivity contribution < 1.29 is 18.0 Å². The highest BCUT2D eigenvalue weighted by Gasteiger charge is 2.27. The summed E-state index contributed by atoms with van der Waals surface area (Å²) in [4.78, 5) is 35.6. The third kappa shape index (κ3) is 5.90. The van der Waals surface area contributed by atoms with E-state index in [1.165, 1.54) is 10.4 Å². The number of carbonyl (C=O) groups is 2. The largest absolute Gasteiger partial charge is 0.338 e. The first-order chi connectivity index (χ1) is 12.7. The van der Waals surface area contributed by atoms with Gasteiger partial charge in [0.25, 0.3) is 5.56 Å². The van der Waals surface area contributed by atoms with E-state index in [-0.39, 0.29) is 4.90 Å². The second-order valence-corrected chi connectivity index (χ2v) is 8.87. The molecule has 1 aromatic rings. The minimum Gasteiger partial charge on any atom is -0.338 e. The van der Waals surface area contributed by atoms with Crippen molar-refractivity contribution in [3.8, 4) is 0 Å². The summed E-state index contributed by atoms with van der Waals surface area (Å²) >= 11 is 0. The smallest absolute Gasteiger partial charge is 0.321 e. The highest BCUT2D eigenvalue weighted by atomic mass is 32.2. The molecule has 3 amide bonds. The van der Waals surface area contributed by atoms with Crippen LogP contribution in [-0.2, 0) is 21.4 Å². The summed E-state index contributed by atoms with van der Waals surface area (Å²) in [6, 6.07) is 1.71. The van der Waals surface area contributed by atoms with Crippen molar-refractivity contribution in [3.63, 3.8) is 0 Å². The van der Waals surface area contributed by atoms with Crippen molar-refractivity contribution >= 4 is 22.0 Å². The van der Waals surface area contributed by atoms with Crippen LogP contribution in [0.2, 0.25) is 0 Å². The van der Waals surface area contributed by atoms with E-state index < -0.39 is 34.1 Å². The van der Waals surface area contributed by atoms with Crippen LogP contribution in [0, 0.1) is 5.92 Å². The van der Waals surface area contributed by atoms with Crippen LogP contribution < -0.4 is 16.2 Å². The number of sulfonamides is 1. The van der Waals surface area contributed by atoms with Gasteiger partial charge in [0.15, 0.2) is 0 Å². The molecule has 1 fully saturated rings. The van der Waals surface area contributed by atoms with Crippen LogP contribution in [0.5, 0.6) is 0 Å². The Hall–Kier alpha value is -2.20. The first kappa shape index (κ1) is 21.1. The van der Waals surface area contributed by atoms with Crippen LogP contribution in [0.25, 0.3) is 0 Å². The maximum absolute atomic E-state index is 12.6. The second kappa shape index (κ2) is 9.14. The molecule has 0 aromatic carbocycles. The van der Waals surface area contributed by atoms with E-state index in [1.54, 1.807) is 0 Å². The summed E-state index contributed by atoms with van der Waals surface area (Å²) in [5.74, 6) is -0.283. The maximum Gasteiger partial charge on any atom is 0.321 e. The zero-order valence-electron chi connectivity index (χ0n) is 15.6. The quantitative estimate of drug-likeness (QED) is 0.694. The zero-order chi connectivity index (χ0) is 20.0. The van der Waals surface area contributed by atoms with E-state index in [1.807, 2.05) is 13.8 Å². The van der Waals surface area contributed by atoms with Gasteiger partial charge in [0.05, 0.1) is 4.90 Å². The average Bonchev–Trinajstić information content (AvgIpc) is 3.11. The molecule has 27 heavy (non-hydrogen) atoms. The fourth-order valence-corrected chi connectivity index (χ4v) is 4.24. The van der Waals surface area contributed by atoms with Crippen LogP contribution in [0.15, 0.2) is 28.0 Å². The second-order valence-electron chi connectivity index (χ2n) is 6.93. The number of carbonyl (C=O) groups excluding carboxylic acids is 2. The highest BCUT2D eigenvalue weighted by Crippen LogP contribution is 2.19. The number of pyridine rings is 1. The molecule has 9 nitrogen and oxygen atoms in total. The average molecular weight is 398 g/mol. The number of urea groups is 1. The van der Waals surface area contributed by atoms with Gasteiger partial charge in [0.2, 0.25) is 15.9 Å². The van der Waals surface area contributed by atoms with Gasteiger partial charge in [0, 0.05) is 31.9 Å². The maximum atomic E-state index is 12.6. The Morgan fingerprint density at radius 2 is 1.85 bits per heavy atom. The van der Waals surface area contributed by atoms with Gasteiger partial charge in [-0.2, -0.15) is 4.31 Å². The lowest BCUT2D eigenvalue weighted by Gasteiger charge is -2.16. The highest BCUT2D eigenvalue weighted by molar-refractivity contribution is 7.89. The fraction of sp³-hybridized carbons (Fsp3) is 0.588. The molecule has 0 aliphatic carbocycles. The predicted molar refractivity (Wildman–Crippen MR) is 99.7 cm³/mol. The molecular weight excluding hydrogens is 372 g/mol. The first-order valence-corrected chi connectivity index (χ1v) is 10.4. The summed E-state index contributed by atoms with van der Waals surface area (Å²) in [5.41, 5.74) is -0.522. The molecule has 10 heteroatoms. The SMILES string of the molecule is CC(C)CCNC(=O)NC(=O)Cn1cc(S(=O)(=O)N2CCCC2)ccc1=O. The van der Waals surface area contributed by atoms with E-state index in [0.29, 0.717) is 25.6 Å². The van der Waals surface area contributed by atoms with Crippen molar-refractivity contribution in [2.24, 2.45) is 5.92 Å². The minimum atomic E-state index is -3.69. The number of aromatic nitrogens is 1. The summed E-state index contributed by atoms with van der Waals surface area (Å²) < 4.78 is 27.5. The number of nitrogens with zero attached hydrogens (tertiary/aromatic N) is 2. The van der Waals surface area contributed by atoms with Crippen molar-refractivity contribution in [1.82, 2.24) is 19.5 Å². The molecule has 1 aromatic heterocycles. The molecule has 1 aliphatic rings. The minimum absolute atomic E-state index is 0.0433. The molecule has 2 rings (SSSR count). The van der Waals surface area contributed by atoms with Crippen LogP contribution in [0.3, 0.4) is 0 Å². The predicted octanol–water partition coefficient (Wildman–Crippen LogP) is 0.505. The van der Waals surface area contributed by atoms with E-state index >= 15 is 0 Å². The number of hydrogen-bond donors (Lipinski definition) is 2. The van der Waals surface area contributed by atoms with E-state index in [4.69, 9.17) is 0 Å². The number of imide groups is 1. The molecule has 1 saturated heterocycles. The fourth-order valence-electron chi connectivity index (χ4n) is 2.70. The topological polar surface area (TPSA) is 118 Å². The third-order valence-electron chi connectivity index (χ3n) is 4.23. The first-order valence-electron chi connectivity index (χ1n) is 8.98. The molecular formula is C17H26N4O5S. The zero-order valence-corrected chi connectivity index (χ0v) is 16.4. The van der Waals surface area contributed by atoms with E-state index in [2.05, 4.69) is 10.6 Å². The van der Waals surface area contributed by atoms with Gasteiger partial charge in [-0.3, -0.25) is 14.9 Å². The lowest BCUT2D eigenvalue weighted by Crippen LogP contribution is -2.42. The van der Waals surface area contributed by atoms with E-state index in [0.717, 1.165) is 36.1 Å². The standard InChI is InChI=1S/C17H26N4O5S/c1-13(2)7-8-18-17(24)19-15(22)12-20-11-14(5-6-16(20)23)27(25,26)21-9-3-4-10-21/h5-6,11,13H,3-4,7-10,12H2,1-2H3,(H2,18,19,22,24). The Labute approximate surface area is 158 Å². The Kier molecular flexibility index (Phi) is 7.14. The van der Waals surface area contributed by atoms with Crippen molar-refractivity contribution in [3.05, 3.63) is 28.7 Å². The van der Waals surface area contributed by atoms with Crippen LogP contribution in [-0.4, -0.2) is 48.9 Å². The summed E-state index contributed by atoms with van der Waals surface area (Å²) in [6.07, 6.45) is 3.52. The van der Waals surface area contributed by atoms with Gasteiger partial charge >= 0.3 is 6.03 Å². The van der Waals surface area contributed by atoms with Gasteiger partial charge in [-0.15, -0.1) is 0 Å². The number of nitrogens with one attached hydrogen (secondary N) is 2. The Morgan fingerprint density at radius 1 is 1.19 bits per heavy atom. The summed E-state index contributed by atoms with van der Waals surface area (Å²) in [5, 5.41) is 4.69. The molecule has 0 atom stereocenters. The number of amides is 3. The molecule has 2 N–H and O–H groups in total. The Morgan fingerprint density at radius 3 is 2.48 bits per heavy atom. The van der Waals surface area contributed by atoms with Crippen LogP contribution >= 0.6 is 0 Å². The molecule has 0 radical (unpaired) electrons. The Bertz CT molecular complexity index is 841. The van der Waals surface area contributed by atoms with Gasteiger partial charge in [-0.1, -0.05) is 13.8 Å². The number of hydrogen-bond acceptors (Lipinski definition) is 5. The van der Waals surface area contributed by atoms with E-state index in [9.17, 15) is 22.8 Å². The van der Waals surface area contributed by atoms with Crippen LogP contribution in [0.1, 0.15) is 33.1 Å². The third-order valence-corrected chi connectivity index (χ3v) is 6.12. The van der Waals surface area contributed by atoms with Gasteiger partial charge in [-0.25, -0.2) is 13.2 Å². The van der Waals surface area contributed by atoms with Crippen LogP contribution in [0.4, 0.5) is 4.79 Å². The Balaban J connectivity index is 2.02. The number of rotatable bonds is 7.